The van der Waals surface area contributed by atoms with E-state index in [9.17, 15) is 0 Å². The largest absolute Gasteiger partial charge is 0.416 e. The van der Waals surface area contributed by atoms with Crippen LogP contribution in [0.5, 0.6) is 0 Å². The van der Waals surface area contributed by atoms with Crippen LogP contribution in [0, 0.1) is 6.92 Å². The molecule has 1 heterocycles. The van der Waals surface area contributed by atoms with Gasteiger partial charge in [0.1, 0.15) is 0 Å². The van der Waals surface area contributed by atoms with Crippen LogP contribution in [0.2, 0.25) is 5.02 Å². The summed E-state index contributed by atoms with van der Waals surface area (Å²) in [5.41, 5.74) is 1.01. The number of halogens is 1. The van der Waals surface area contributed by atoms with Crippen LogP contribution < -0.4 is 5.32 Å². The Kier molecular flexibility index (Phi) is 4.28. The lowest BCUT2D eigenvalue weighted by Gasteiger charge is -2.04. The van der Waals surface area contributed by atoms with E-state index in [1.54, 1.807) is 6.92 Å². The number of aryl methyl sites for hydroxylation is 1. The molecule has 0 saturated heterocycles. The fraction of sp³-hybridized carbons (Fsp3) is 0.273. The standard InChI is InChI=1S/C11H12ClN3OS/c1-8-14-15-11(16-8)17-6-5-13-10-4-2-3-9(12)7-10/h2-4,7,13H,5-6H2,1H3. The Morgan fingerprint density at radius 1 is 1.41 bits per heavy atom. The van der Waals surface area contributed by atoms with Gasteiger partial charge in [-0.2, -0.15) is 0 Å². The molecule has 0 unspecified atom stereocenters. The summed E-state index contributed by atoms with van der Waals surface area (Å²) in [4.78, 5) is 0. The van der Waals surface area contributed by atoms with Gasteiger partial charge in [-0.1, -0.05) is 29.4 Å². The highest BCUT2D eigenvalue weighted by Gasteiger charge is 2.02. The Balaban J connectivity index is 1.73. The third kappa shape index (κ3) is 3.94. The van der Waals surface area contributed by atoms with Gasteiger partial charge in [-0.3, -0.25) is 0 Å². The van der Waals surface area contributed by atoms with Crippen molar-refractivity contribution in [2.24, 2.45) is 0 Å². The fourth-order valence-corrected chi connectivity index (χ4v) is 2.12. The molecule has 2 aromatic rings. The van der Waals surface area contributed by atoms with Gasteiger partial charge in [-0.25, -0.2) is 0 Å². The molecule has 6 heteroatoms. The molecule has 0 bridgehead atoms. The van der Waals surface area contributed by atoms with E-state index in [1.165, 1.54) is 11.8 Å². The van der Waals surface area contributed by atoms with E-state index >= 15 is 0 Å². The molecular formula is C11H12ClN3OS. The van der Waals surface area contributed by atoms with Gasteiger partial charge in [0.15, 0.2) is 0 Å². The van der Waals surface area contributed by atoms with Crippen LogP contribution in [0.15, 0.2) is 33.9 Å². The quantitative estimate of drug-likeness (QED) is 0.667. The number of hydrogen-bond acceptors (Lipinski definition) is 5. The lowest BCUT2D eigenvalue weighted by molar-refractivity contribution is 0.429. The van der Waals surface area contributed by atoms with E-state index in [2.05, 4.69) is 15.5 Å². The van der Waals surface area contributed by atoms with Crippen LogP contribution in [-0.4, -0.2) is 22.5 Å². The van der Waals surface area contributed by atoms with E-state index in [0.29, 0.717) is 11.1 Å². The minimum absolute atomic E-state index is 0.593. The highest BCUT2D eigenvalue weighted by atomic mass is 35.5. The molecule has 0 fully saturated rings. The molecule has 4 nitrogen and oxygen atoms in total. The maximum atomic E-state index is 5.88. The van der Waals surface area contributed by atoms with Crippen LogP contribution in [0.4, 0.5) is 5.69 Å². The number of nitrogens with one attached hydrogen (secondary N) is 1. The summed E-state index contributed by atoms with van der Waals surface area (Å²) in [7, 11) is 0. The van der Waals surface area contributed by atoms with Gasteiger partial charge in [0.2, 0.25) is 5.89 Å². The highest BCUT2D eigenvalue weighted by Crippen LogP contribution is 2.17. The van der Waals surface area contributed by atoms with E-state index in [4.69, 9.17) is 16.0 Å². The summed E-state index contributed by atoms with van der Waals surface area (Å²) in [6.45, 7) is 2.59. The SMILES string of the molecule is Cc1nnc(SCCNc2cccc(Cl)c2)o1. The van der Waals surface area contributed by atoms with Crippen molar-refractivity contribution in [2.45, 2.75) is 12.1 Å². The maximum Gasteiger partial charge on any atom is 0.276 e. The monoisotopic (exact) mass is 269 g/mol. The third-order valence-corrected chi connectivity index (χ3v) is 3.04. The summed E-state index contributed by atoms with van der Waals surface area (Å²) in [6, 6.07) is 7.64. The van der Waals surface area contributed by atoms with Crippen molar-refractivity contribution >= 4 is 29.1 Å². The van der Waals surface area contributed by atoms with Crippen molar-refractivity contribution in [1.29, 1.82) is 0 Å². The first-order valence-electron chi connectivity index (χ1n) is 5.16. The summed E-state index contributed by atoms with van der Waals surface area (Å²) < 4.78 is 5.25. The molecule has 1 N–H and O–H groups in total. The number of aromatic nitrogens is 2. The minimum Gasteiger partial charge on any atom is -0.416 e. The fourth-order valence-electron chi connectivity index (χ4n) is 1.27. The third-order valence-electron chi connectivity index (χ3n) is 1.99. The highest BCUT2D eigenvalue weighted by molar-refractivity contribution is 7.99. The molecule has 17 heavy (non-hydrogen) atoms. The molecule has 0 atom stereocenters. The van der Waals surface area contributed by atoms with Crippen LogP contribution in [0.3, 0.4) is 0 Å². The topological polar surface area (TPSA) is 51.0 Å². The summed E-state index contributed by atoms with van der Waals surface area (Å²) in [5.74, 6) is 1.45. The van der Waals surface area contributed by atoms with Gasteiger partial charge in [-0.15, -0.1) is 10.2 Å². The summed E-state index contributed by atoms with van der Waals surface area (Å²) in [6.07, 6.45) is 0. The molecule has 1 aromatic heterocycles. The van der Waals surface area contributed by atoms with Gasteiger partial charge in [0.05, 0.1) is 0 Å². The molecule has 90 valence electrons. The van der Waals surface area contributed by atoms with Crippen LogP contribution >= 0.6 is 23.4 Å². The van der Waals surface area contributed by atoms with E-state index in [-0.39, 0.29) is 0 Å². The van der Waals surface area contributed by atoms with E-state index < -0.39 is 0 Å². The Morgan fingerprint density at radius 3 is 3.00 bits per heavy atom. The molecule has 2 rings (SSSR count). The first kappa shape index (κ1) is 12.3. The molecule has 0 amide bonds. The molecule has 0 saturated carbocycles. The number of benzene rings is 1. The Labute approximate surface area is 109 Å². The second-order valence-electron chi connectivity index (χ2n) is 3.37. The zero-order chi connectivity index (χ0) is 12.1. The van der Waals surface area contributed by atoms with Gasteiger partial charge in [-0.05, 0) is 18.2 Å². The van der Waals surface area contributed by atoms with Gasteiger partial charge in [0, 0.05) is 29.9 Å². The molecule has 0 aliphatic carbocycles. The average Bonchev–Trinajstić information content (AvgIpc) is 2.71. The van der Waals surface area contributed by atoms with Crippen molar-refractivity contribution in [3.8, 4) is 0 Å². The second kappa shape index (κ2) is 5.93. The average molecular weight is 270 g/mol. The van der Waals surface area contributed by atoms with Crippen molar-refractivity contribution in [1.82, 2.24) is 10.2 Å². The second-order valence-corrected chi connectivity index (χ2v) is 4.86. The Hall–Kier alpha value is -1.20. The predicted octanol–water partition coefficient (Wildman–Crippen LogP) is 3.24. The number of anilines is 1. The normalized spacial score (nSPS) is 10.5. The zero-order valence-corrected chi connectivity index (χ0v) is 10.9. The first-order chi connectivity index (χ1) is 8.24. The van der Waals surface area contributed by atoms with Gasteiger partial charge in [0.25, 0.3) is 5.22 Å². The van der Waals surface area contributed by atoms with Crippen molar-refractivity contribution in [2.75, 3.05) is 17.6 Å². The van der Waals surface area contributed by atoms with Gasteiger partial charge < -0.3 is 9.73 Å². The molecule has 0 aliphatic rings. The molecule has 0 aliphatic heterocycles. The molecule has 0 spiro atoms. The lowest BCUT2D eigenvalue weighted by atomic mass is 10.3. The molecular weight excluding hydrogens is 258 g/mol. The summed E-state index contributed by atoms with van der Waals surface area (Å²) in [5, 5.41) is 12.3. The first-order valence-corrected chi connectivity index (χ1v) is 6.53. The maximum absolute atomic E-state index is 5.88. The zero-order valence-electron chi connectivity index (χ0n) is 9.31. The van der Waals surface area contributed by atoms with Crippen LogP contribution in [0.1, 0.15) is 5.89 Å². The van der Waals surface area contributed by atoms with Crippen molar-refractivity contribution < 1.29 is 4.42 Å². The number of thioether (sulfide) groups is 1. The van der Waals surface area contributed by atoms with Gasteiger partial charge >= 0.3 is 0 Å². The minimum atomic E-state index is 0.593. The smallest absolute Gasteiger partial charge is 0.276 e. The van der Waals surface area contributed by atoms with Crippen molar-refractivity contribution in [3.63, 3.8) is 0 Å². The van der Waals surface area contributed by atoms with Crippen LogP contribution in [-0.2, 0) is 0 Å². The molecule has 1 aromatic carbocycles. The number of hydrogen-bond donors (Lipinski definition) is 1. The molecule has 0 radical (unpaired) electrons. The van der Waals surface area contributed by atoms with Crippen LogP contribution in [0.25, 0.3) is 0 Å². The Bertz CT molecular complexity index is 489. The predicted molar refractivity (Wildman–Crippen MR) is 69.7 cm³/mol. The van der Waals surface area contributed by atoms with E-state index in [1.807, 2.05) is 24.3 Å². The Morgan fingerprint density at radius 2 is 2.29 bits per heavy atom. The number of nitrogens with zero attached hydrogens (tertiary/aromatic N) is 2. The summed E-state index contributed by atoms with van der Waals surface area (Å²) >= 11 is 7.41. The van der Waals surface area contributed by atoms with Crippen molar-refractivity contribution in [3.05, 3.63) is 35.2 Å². The van der Waals surface area contributed by atoms with E-state index in [0.717, 1.165) is 23.0 Å². The lowest BCUT2D eigenvalue weighted by Crippen LogP contribution is -2.03. The number of rotatable bonds is 5.